The maximum absolute atomic E-state index is 5.99. The van der Waals surface area contributed by atoms with Crippen molar-refractivity contribution in [1.29, 1.82) is 0 Å². The number of hydrogen-bond donors (Lipinski definition) is 0. The van der Waals surface area contributed by atoms with E-state index in [0.717, 1.165) is 27.7 Å². The zero-order valence-corrected chi connectivity index (χ0v) is 15.1. The first kappa shape index (κ1) is 16.1. The Bertz CT molecular complexity index is 1010. The normalized spacial score (nSPS) is 11.1. The Hall–Kier alpha value is -2.37. The third-order valence-corrected chi connectivity index (χ3v) is 5.26. The summed E-state index contributed by atoms with van der Waals surface area (Å²) in [6.45, 7) is 0. The van der Waals surface area contributed by atoms with Gasteiger partial charge in [0.2, 0.25) is 0 Å². The van der Waals surface area contributed by atoms with Crippen LogP contribution in [-0.2, 0) is 12.8 Å². The zero-order valence-electron chi connectivity index (χ0n) is 13.6. The van der Waals surface area contributed by atoms with Crippen LogP contribution >= 0.6 is 23.4 Å². The molecule has 0 aliphatic carbocycles. The third kappa shape index (κ3) is 3.25. The van der Waals surface area contributed by atoms with E-state index in [1.165, 1.54) is 5.56 Å². The molecule has 2 aromatic heterocycles. The fraction of sp³-hybridized carbons (Fsp3) is 0.105. The summed E-state index contributed by atoms with van der Waals surface area (Å²) in [6, 6.07) is 18.0. The second-order valence-electron chi connectivity index (χ2n) is 5.63. The number of thioether (sulfide) groups is 1. The molecule has 4 rings (SSSR count). The van der Waals surface area contributed by atoms with Crippen molar-refractivity contribution in [3.63, 3.8) is 0 Å². The molecule has 0 saturated carbocycles. The van der Waals surface area contributed by atoms with Crippen molar-refractivity contribution >= 4 is 34.5 Å². The number of rotatable bonds is 4. The van der Waals surface area contributed by atoms with Crippen molar-refractivity contribution in [3.8, 4) is 11.4 Å². The van der Waals surface area contributed by atoms with E-state index in [1.807, 2.05) is 54.1 Å². The summed E-state index contributed by atoms with van der Waals surface area (Å²) in [5.74, 6) is 1.71. The lowest BCUT2D eigenvalue weighted by atomic mass is 10.2. The standard InChI is InChI=1S/C19H15ClN4S/c1-24-16-17(23-18(24)14-7-9-15(20)10-8-14)21-12-22-19(16)25-11-13-5-3-2-4-6-13/h2-10,12H,11H2,1H3. The van der Waals surface area contributed by atoms with Crippen LogP contribution in [0.4, 0.5) is 0 Å². The largest absolute Gasteiger partial charge is 0.324 e. The highest BCUT2D eigenvalue weighted by atomic mass is 35.5. The zero-order chi connectivity index (χ0) is 17.2. The topological polar surface area (TPSA) is 43.6 Å². The highest BCUT2D eigenvalue weighted by Gasteiger charge is 2.15. The maximum Gasteiger partial charge on any atom is 0.182 e. The van der Waals surface area contributed by atoms with Crippen LogP contribution in [0.3, 0.4) is 0 Å². The number of fused-ring (bicyclic) bond motifs is 1. The summed E-state index contributed by atoms with van der Waals surface area (Å²) in [4.78, 5) is 13.5. The van der Waals surface area contributed by atoms with E-state index in [1.54, 1.807) is 18.1 Å². The fourth-order valence-electron chi connectivity index (χ4n) is 2.70. The highest BCUT2D eigenvalue weighted by molar-refractivity contribution is 7.98. The summed E-state index contributed by atoms with van der Waals surface area (Å²) in [5, 5.41) is 1.64. The predicted molar refractivity (Wildman–Crippen MR) is 103 cm³/mol. The average molecular weight is 367 g/mol. The molecule has 4 aromatic rings. The third-order valence-electron chi connectivity index (χ3n) is 3.96. The first-order chi connectivity index (χ1) is 12.2. The number of hydrogen-bond acceptors (Lipinski definition) is 4. The molecule has 0 saturated heterocycles. The van der Waals surface area contributed by atoms with Gasteiger partial charge in [0.15, 0.2) is 5.65 Å². The van der Waals surface area contributed by atoms with Gasteiger partial charge in [-0.1, -0.05) is 53.7 Å². The van der Waals surface area contributed by atoms with Crippen molar-refractivity contribution in [1.82, 2.24) is 19.5 Å². The second-order valence-corrected chi connectivity index (χ2v) is 7.03. The van der Waals surface area contributed by atoms with Crippen LogP contribution in [-0.4, -0.2) is 19.5 Å². The minimum absolute atomic E-state index is 0.706. The molecule has 0 unspecified atom stereocenters. The summed E-state index contributed by atoms with van der Waals surface area (Å²) in [5.41, 5.74) is 3.93. The summed E-state index contributed by atoms with van der Waals surface area (Å²) >= 11 is 7.68. The second kappa shape index (κ2) is 6.86. The average Bonchev–Trinajstić information content (AvgIpc) is 2.99. The van der Waals surface area contributed by atoms with Gasteiger partial charge < -0.3 is 4.57 Å². The van der Waals surface area contributed by atoms with Crippen LogP contribution in [0.25, 0.3) is 22.6 Å². The van der Waals surface area contributed by atoms with Crippen LogP contribution in [0, 0.1) is 0 Å². The van der Waals surface area contributed by atoms with Gasteiger partial charge in [0.05, 0.1) is 0 Å². The molecule has 0 aliphatic rings. The quantitative estimate of drug-likeness (QED) is 0.377. The van der Waals surface area contributed by atoms with E-state index in [0.29, 0.717) is 10.7 Å². The monoisotopic (exact) mass is 366 g/mol. The van der Waals surface area contributed by atoms with E-state index in [9.17, 15) is 0 Å². The first-order valence-corrected chi connectivity index (χ1v) is 9.19. The van der Waals surface area contributed by atoms with Gasteiger partial charge >= 0.3 is 0 Å². The lowest BCUT2D eigenvalue weighted by Gasteiger charge is -2.06. The SMILES string of the molecule is Cn1c(-c2ccc(Cl)cc2)nc2ncnc(SCc3ccccc3)c21. The molecule has 124 valence electrons. The Balaban J connectivity index is 1.72. The number of nitrogens with zero attached hydrogens (tertiary/aromatic N) is 4. The molecule has 0 fully saturated rings. The van der Waals surface area contributed by atoms with Gasteiger partial charge in [-0.3, -0.25) is 0 Å². The lowest BCUT2D eigenvalue weighted by molar-refractivity contribution is 0.934. The van der Waals surface area contributed by atoms with Gasteiger partial charge in [-0.05, 0) is 29.8 Å². The van der Waals surface area contributed by atoms with Crippen LogP contribution in [0.2, 0.25) is 5.02 Å². The maximum atomic E-state index is 5.99. The molecule has 25 heavy (non-hydrogen) atoms. The molecule has 0 bridgehead atoms. The highest BCUT2D eigenvalue weighted by Crippen LogP contribution is 2.30. The number of aryl methyl sites for hydroxylation is 1. The van der Waals surface area contributed by atoms with Crippen molar-refractivity contribution in [3.05, 3.63) is 71.5 Å². The van der Waals surface area contributed by atoms with Crippen molar-refractivity contribution in [2.75, 3.05) is 0 Å². The van der Waals surface area contributed by atoms with Crippen molar-refractivity contribution in [2.45, 2.75) is 10.8 Å². The number of halogens is 1. The minimum atomic E-state index is 0.706. The first-order valence-electron chi connectivity index (χ1n) is 7.82. The molecule has 0 aliphatic heterocycles. The molecule has 0 N–H and O–H groups in total. The molecule has 0 atom stereocenters. The molecule has 0 amide bonds. The van der Waals surface area contributed by atoms with Gasteiger partial charge in [-0.25, -0.2) is 15.0 Å². The molecular weight excluding hydrogens is 352 g/mol. The van der Waals surface area contributed by atoms with Crippen molar-refractivity contribution in [2.24, 2.45) is 7.05 Å². The van der Waals surface area contributed by atoms with Gasteiger partial charge in [-0.15, -0.1) is 0 Å². The summed E-state index contributed by atoms with van der Waals surface area (Å²) in [7, 11) is 2.00. The molecular formula is C19H15ClN4S. The summed E-state index contributed by atoms with van der Waals surface area (Å²) < 4.78 is 2.05. The Morgan fingerprint density at radius 1 is 1.00 bits per heavy atom. The van der Waals surface area contributed by atoms with Crippen LogP contribution in [0.15, 0.2) is 66.0 Å². The van der Waals surface area contributed by atoms with E-state index in [-0.39, 0.29) is 0 Å². The summed E-state index contributed by atoms with van der Waals surface area (Å²) in [6.07, 6.45) is 1.58. The smallest absolute Gasteiger partial charge is 0.182 e. The van der Waals surface area contributed by atoms with Gasteiger partial charge in [0, 0.05) is 23.4 Å². The van der Waals surface area contributed by atoms with E-state index < -0.39 is 0 Å². The lowest BCUT2D eigenvalue weighted by Crippen LogP contribution is -1.95. The molecule has 6 heteroatoms. The fourth-order valence-corrected chi connectivity index (χ4v) is 3.81. The Kier molecular flexibility index (Phi) is 4.42. The van der Waals surface area contributed by atoms with Crippen molar-refractivity contribution < 1.29 is 0 Å². The predicted octanol–water partition coefficient (Wildman–Crippen LogP) is 4.98. The van der Waals surface area contributed by atoms with Crippen LogP contribution in [0.5, 0.6) is 0 Å². The Morgan fingerprint density at radius 3 is 2.52 bits per heavy atom. The van der Waals surface area contributed by atoms with E-state index >= 15 is 0 Å². The van der Waals surface area contributed by atoms with Crippen LogP contribution < -0.4 is 0 Å². The Labute approximate surface area is 154 Å². The number of aromatic nitrogens is 4. The molecule has 2 heterocycles. The van der Waals surface area contributed by atoms with Crippen LogP contribution in [0.1, 0.15) is 5.56 Å². The molecule has 0 spiro atoms. The minimum Gasteiger partial charge on any atom is -0.324 e. The van der Waals surface area contributed by atoms with E-state index in [2.05, 4.69) is 27.1 Å². The van der Waals surface area contributed by atoms with Gasteiger partial charge in [0.25, 0.3) is 0 Å². The van der Waals surface area contributed by atoms with E-state index in [4.69, 9.17) is 11.6 Å². The Morgan fingerprint density at radius 2 is 1.76 bits per heavy atom. The number of imidazole rings is 1. The van der Waals surface area contributed by atoms with Gasteiger partial charge in [-0.2, -0.15) is 0 Å². The molecule has 4 nitrogen and oxygen atoms in total. The molecule has 2 aromatic carbocycles. The number of benzene rings is 2. The molecule has 0 radical (unpaired) electrons. The van der Waals surface area contributed by atoms with Gasteiger partial charge in [0.1, 0.15) is 22.7 Å².